The van der Waals surface area contributed by atoms with Gasteiger partial charge in [-0.05, 0) is 74.1 Å². The molecule has 0 bridgehead atoms. The van der Waals surface area contributed by atoms with Crippen LogP contribution in [0.1, 0.15) is 30.9 Å². The van der Waals surface area contributed by atoms with E-state index in [2.05, 4.69) is 11.4 Å². The van der Waals surface area contributed by atoms with Gasteiger partial charge in [0.15, 0.2) is 6.61 Å². The zero-order valence-electron chi connectivity index (χ0n) is 16.0. The molecular weight excluding hydrogens is 342 g/mol. The predicted molar refractivity (Wildman–Crippen MR) is 105 cm³/mol. The summed E-state index contributed by atoms with van der Waals surface area (Å²) in [4.78, 5) is 12.2. The Labute approximate surface area is 160 Å². The highest BCUT2D eigenvalue weighted by Crippen LogP contribution is 2.29. The molecule has 1 aliphatic rings. The number of nitrogens with one attached hydrogen (secondary N) is 1. The van der Waals surface area contributed by atoms with E-state index in [0.29, 0.717) is 6.61 Å². The van der Waals surface area contributed by atoms with Crippen molar-refractivity contribution in [2.75, 3.05) is 20.3 Å². The Balaban J connectivity index is 1.43. The Morgan fingerprint density at radius 3 is 2.56 bits per heavy atom. The lowest BCUT2D eigenvalue weighted by molar-refractivity contribution is -0.123. The molecular formula is C22H27NO4. The monoisotopic (exact) mass is 369 g/mol. The first kappa shape index (κ1) is 19.1. The summed E-state index contributed by atoms with van der Waals surface area (Å²) in [7, 11) is 1.63. The van der Waals surface area contributed by atoms with E-state index in [-0.39, 0.29) is 18.6 Å². The fraction of sp³-hybridized carbons (Fsp3) is 0.409. The quantitative estimate of drug-likeness (QED) is 0.773. The standard InChI is InChI=1S/C22H27NO4/c1-16(14-26-19-12-10-18(25-2)11-13-19)23-22(24)15-27-21-9-5-7-17-6-3-4-8-20(17)21/h5,7,9-13,16H,3-4,6,8,14-15H2,1-2H3,(H,23,24)/t16-/m0/s1. The summed E-state index contributed by atoms with van der Waals surface area (Å²) in [5.41, 5.74) is 2.60. The third-order valence-corrected chi connectivity index (χ3v) is 4.68. The van der Waals surface area contributed by atoms with Gasteiger partial charge in [0.05, 0.1) is 13.2 Å². The molecule has 1 N–H and O–H groups in total. The second-order valence-electron chi connectivity index (χ2n) is 6.84. The van der Waals surface area contributed by atoms with Crippen LogP contribution in [0.25, 0.3) is 0 Å². The summed E-state index contributed by atoms with van der Waals surface area (Å²) in [5, 5.41) is 2.91. The van der Waals surface area contributed by atoms with Gasteiger partial charge in [0.25, 0.3) is 5.91 Å². The largest absolute Gasteiger partial charge is 0.497 e. The molecule has 0 heterocycles. The molecule has 1 atom stereocenters. The van der Waals surface area contributed by atoms with Crippen LogP contribution in [0.4, 0.5) is 0 Å². The average Bonchev–Trinajstić information content (AvgIpc) is 2.71. The van der Waals surface area contributed by atoms with Crippen molar-refractivity contribution >= 4 is 5.91 Å². The molecule has 0 saturated heterocycles. The molecule has 0 unspecified atom stereocenters. The molecule has 0 fully saturated rings. The maximum atomic E-state index is 12.2. The van der Waals surface area contributed by atoms with E-state index in [0.717, 1.165) is 30.1 Å². The molecule has 2 aromatic rings. The smallest absolute Gasteiger partial charge is 0.258 e. The van der Waals surface area contributed by atoms with E-state index in [1.165, 1.54) is 24.0 Å². The molecule has 1 amide bonds. The number of carbonyl (C=O) groups excluding carboxylic acids is 1. The molecule has 3 rings (SSSR count). The molecule has 5 nitrogen and oxygen atoms in total. The zero-order valence-corrected chi connectivity index (χ0v) is 16.0. The minimum absolute atomic E-state index is 0.0172. The van der Waals surface area contributed by atoms with Crippen molar-refractivity contribution in [1.29, 1.82) is 0 Å². The molecule has 0 radical (unpaired) electrons. The van der Waals surface area contributed by atoms with Crippen molar-refractivity contribution in [3.63, 3.8) is 0 Å². The SMILES string of the molecule is COc1ccc(OC[C@H](C)NC(=O)COc2cccc3c2CCCC3)cc1. The molecule has 27 heavy (non-hydrogen) atoms. The van der Waals surface area contributed by atoms with Crippen molar-refractivity contribution in [2.45, 2.75) is 38.6 Å². The number of hydrogen-bond acceptors (Lipinski definition) is 4. The summed E-state index contributed by atoms with van der Waals surface area (Å²) >= 11 is 0. The Bertz CT molecular complexity index is 757. The van der Waals surface area contributed by atoms with Gasteiger partial charge >= 0.3 is 0 Å². The van der Waals surface area contributed by atoms with Crippen LogP contribution in [-0.4, -0.2) is 32.3 Å². The van der Waals surface area contributed by atoms with Gasteiger partial charge in [-0.15, -0.1) is 0 Å². The molecule has 5 heteroatoms. The summed E-state index contributed by atoms with van der Waals surface area (Å²) in [6.45, 7) is 2.31. The fourth-order valence-electron chi connectivity index (χ4n) is 3.28. The maximum absolute atomic E-state index is 12.2. The van der Waals surface area contributed by atoms with Crippen LogP contribution < -0.4 is 19.5 Å². The van der Waals surface area contributed by atoms with Gasteiger partial charge in [0, 0.05) is 0 Å². The number of aryl methyl sites for hydroxylation is 1. The molecule has 1 aliphatic carbocycles. The highest BCUT2D eigenvalue weighted by atomic mass is 16.5. The third kappa shape index (κ3) is 5.39. The van der Waals surface area contributed by atoms with Gasteiger partial charge in [-0.2, -0.15) is 0 Å². The number of fused-ring (bicyclic) bond motifs is 1. The second kappa shape index (κ2) is 9.31. The van der Waals surface area contributed by atoms with Gasteiger partial charge < -0.3 is 19.5 Å². The van der Waals surface area contributed by atoms with E-state index < -0.39 is 0 Å². The van der Waals surface area contributed by atoms with Crippen molar-refractivity contribution in [3.8, 4) is 17.2 Å². The van der Waals surface area contributed by atoms with Gasteiger partial charge in [-0.3, -0.25) is 4.79 Å². The lowest BCUT2D eigenvalue weighted by Crippen LogP contribution is -2.39. The molecule has 0 aromatic heterocycles. The van der Waals surface area contributed by atoms with Gasteiger partial charge in [0.2, 0.25) is 0 Å². The molecule has 2 aromatic carbocycles. The first-order chi connectivity index (χ1) is 13.2. The normalized spacial score (nSPS) is 14.0. The zero-order chi connectivity index (χ0) is 19.1. The highest BCUT2D eigenvalue weighted by Gasteiger charge is 2.15. The van der Waals surface area contributed by atoms with Crippen molar-refractivity contribution < 1.29 is 19.0 Å². The molecule has 0 saturated carbocycles. The van der Waals surface area contributed by atoms with Gasteiger partial charge in [0.1, 0.15) is 23.9 Å². The topological polar surface area (TPSA) is 56.8 Å². The van der Waals surface area contributed by atoms with E-state index in [1.54, 1.807) is 7.11 Å². The van der Waals surface area contributed by atoms with Crippen LogP contribution >= 0.6 is 0 Å². The number of hydrogen-bond donors (Lipinski definition) is 1. The molecule has 0 aliphatic heterocycles. The number of carbonyl (C=O) groups is 1. The average molecular weight is 369 g/mol. The number of benzene rings is 2. The van der Waals surface area contributed by atoms with E-state index in [9.17, 15) is 4.79 Å². The van der Waals surface area contributed by atoms with E-state index >= 15 is 0 Å². The van der Waals surface area contributed by atoms with Crippen LogP contribution in [0, 0.1) is 0 Å². The number of methoxy groups -OCH3 is 1. The van der Waals surface area contributed by atoms with Crippen LogP contribution in [-0.2, 0) is 17.6 Å². The second-order valence-corrected chi connectivity index (χ2v) is 6.84. The lowest BCUT2D eigenvalue weighted by Gasteiger charge is -2.20. The highest BCUT2D eigenvalue weighted by molar-refractivity contribution is 5.77. The molecule has 144 valence electrons. The number of amides is 1. The Hall–Kier alpha value is -2.69. The number of rotatable bonds is 8. The van der Waals surface area contributed by atoms with Gasteiger partial charge in [-0.1, -0.05) is 12.1 Å². The predicted octanol–water partition coefficient (Wildman–Crippen LogP) is 3.54. The minimum Gasteiger partial charge on any atom is -0.497 e. The fourth-order valence-corrected chi connectivity index (χ4v) is 3.28. The van der Waals surface area contributed by atoms with Crippen molar-refractivity contribution in [3.05, 3.63) is 53.6 Å². The van der Waals surface area contributed by atoms with Crippen molar-refractivity contribution in [1.82, 2.24) is 5.32 Å². The summed E-state index contributed by atoms with van der Waals surface area (Å²) in [5.74, 6) is 2.21. The van der Waals surface area contributed by atoms with Crippen LogP contribution in [0.3, 0.4) is 0 Å². The van der Waals surface area contributed by atoms with E-state index in [1.807, 2.05) is 43.3 Å². The Morgan fingerprint density at radius 1 is 1.04 bits per heavy atom. The molecule has 0 spiro atoms. The third-order valence-electron chi connectivity index (χ3n) is 4.68. The van der Waals surface area contributed by atoms with Gasteiger partial charge in [-0.25, -0.2) is 0 Å². The number of ether oxygens (including phenoxy) is 3. The lowest BCUT2D eigenvalue weighted by atomic mass is 9.91. The Morgan fingerprint density at radius 2 is 1.78 bits per heavy atom. The van der Waals surface area contributed by atoms with Crippen molar-refractivity contribution in [2.24, 2.45) is 0 Å². The van der Waals surface area contributed by atoms with Crippen LogP contribution in [0.15, 0.2) is 42.5 Å². The minimum atomic E-state index is -0.144. The summed E-state index contributed by atoms with van der Waals surface area (Å²) in [6, 6.07) is 13.4. The summed E-state index contributed by atoms with van der Waals surface area (Å²) < 4.78 is 16.6. The first-order valence-corrected chi connectivity index (χ1v) is 9.45. The van der Waals surface area contributed by atoms with Crippen LogP contribution in [0.2, 0.25) is 0 Å². The first-order valence-electron chi connectivity index (χ1n) is 9.45. The summed E-state index contributed by atoms with van der Waals surface area (Å²) in [6.07, 6.45) is 4.53. The Kier molecular flexibility index (Phi) is 6.58. The van der Waals surface area contributed by atoms with E-state index in [4.69, 9.17) is 14.2 Å². The van der Waals surface area contributed by atoms with Crippen LogP contribution in [0.5, 0.6) is 17.2 Å². The maximum Gasteiger partial charge on any atom is 0.258 e.